The number of nitrogens with zero attached hydrogens (tertiary/aromatic N) is 1. The van der Waals surface area contributed by atoms with Gasteiger partial charge in [-0.2, -0.15) is 0 Å². The monoisotopic (exact) mass is 728 g/mol. The molecule has 0 saturated carbocycles. The maximum Gasteiger partial charge on any atom is 0.410 e. The van der Waals surface area contributed by atoms with Crippen LogP contribution in [0.1, 0.15) is 92.7 Å². The molecule has 0 aromatic heterocycles. The number of alkyl carbamates (subject to hydrolysis) is 2. The number of primary amides is 1. The Balaban J connectivity index is 1.35. The zero-order valence-electron chi connectivity index (χ0n) is 31.5. The summed E-state index contributed by atoms with van der Waals surface area (Å²) < 4.78 is 16.3. The zero-order valence-corrected chi connectivity index (χ0v) is 31.5. The lowest BCUT2D eigenvalue weighted by Gasteiger charge is -2.30. The summed E-state index contributed by atoms with van der Waals surface area (Å²) in [6.07, 6.45) is 6.56. The van der Waals surface area contributed by atoms with Crippen molar-refractivity contribution < 1.29 is 33.4 Å². The number of hydrogen-bond donors (Lipinski definition) is 3. The predicted molar refractivity (Wildman–Crippen MR) is 204 cm³/mol. The van der Waals surface area contributed by atoms with Crippen LogP contribution in [0.2, 0.25) is 0 Å². The summed E-state index contributed by atoms with van der Waals surface area (Å²) in [6.45, 7) is 6.61. The fraction of sp³-hybridized carbons (Fsp3) is 0.476. The Morgan fingerprint density at radius 1 is 0.717 bits per heavy atom. The molecule has 4 amide bonds. The minimum Gasteiger partial charge on any atom is -0.445 e. The molecule has 11 nitrogen and oxygen atoms in total. The second kappa shape index (κ2) is 20.8. The summed E-state index contributed by atoms with van der Waals surface area (Å²) >= 11 is 0. The number of ether oxygens (including phenoxy) is 3. The molecule has 0 fully saturated rings. The minimum absolute atomic E-state index is 0.0567. The van der Waals surface area contributed by atoms with E-state index in [9.17, 15) is 19.2 Å². The highest BCUT2D eigenvalue weighted by Crippen LogP contribution is 2.30. The summed E-state index contributed by atoms with van der Waals surface area (Å²) in [6, 6.07) is 22.4. The van der Waals surface area contributed by atoms with Gasteiger partial charge < -0.3 is 30.6 Å². The van der Waals surface area contributed by atoms with E-state index in [0.717, 1.165) is 56.1 Å². The number of fused-ring (bicyclic) bond motifs is 1. The number of nitrogens with one attached hydrogen (secondary N) is 2. The average molecular weight is 729 g/mol. The van der Waals surface area contributed by atoms with Crippen molar-refractivity contribution in [2.45, 2.75) is 110 Å². The van der Waals surface area contributed by atoms with Crippen molar-refractivity contribution in [1.82, 2.24) is 15.5 Å². The van der Waals surface area contributed by atoms with Gasteiger partial charge >= 0.3 is 18.3 Å². The van der Waals surface area contributed by atoms with Gasteiger partial charge in [-0.25, -0.2) is 14.4 Å². The molecule has 0 saturated heterocycles. The van der Waals surface area contributed by atoms with Gasteiger partial charge in [0.25, 0.3) is 0 Å². The van der Waals surface area contributed by atoms with Crippen LogP contribution in [0.3, 0.4) is 0 Å². The molecular weight excluding hydrogens is 672 g/mol. The lowest BCUT2D eigenvalue weighted by Crippen LogP contribution is -2.49. The van der Waals surface area contributed by atoms with Gasteiger partial charge in [-0.3, -0.25) is 9.69 Å². The van der Waals surface area contributed by atoms with E-state index in [4.69, 9.17) is 19.9 Å². The number of rotatable bonds is 18. The third-order valence-electron chi connectivity index (χ3n) is 9.16. The molecule has 53 heavy (non-hydrogen) atoms. The minimum atomic E-state index is -0.898. The second-order valence-electron chi connectivity index (χ2n) is 14.5. The molecule has 3 aromatic carbocycles. The highest BCUT2D eigenvalue weighted by Gasteiger charge is 2.30. The summed E-state index contributed by atoms with van der Waals surface area (Å²) in [5, 5.41) is 5.56. The summed E-state index contributed by atoms with van der Waals surface area (Å²) in [5.41, 5.74) is 12.3. The van der Waals surface area contributed by atoms with Gasteiger partial charge in [0.15, 0.2) is 0 Å². The maximum absolute atomic E-state index is 13.5. The first-order chi connectivity index (χ1) is 25.5. The number of benzene rings is 3. The molecule has 0 spiro atoms. The lowest BCUT2D eigenvalue weighted by atomic mass is 9.82. The lowest BCUT2D eigenvalue weighted by molar-refractivity contribution is -0.123. The van der Waals surface area contributed by atoms with Crippen molar-refractivity contribution in [3.05, 3.63) is 106 Å². The summed E-state index contributed by atoms with van der Waals surface area (Å²) in [5.74, 6) is -0.607. The fourth-order valence-corrected chi connectivity index (χ4v) is 6.56. The van der Waals surface area contributed by atoms with Gasteiger partial charge in [0.05, 0.1) is 0 Å². The highest BCUT2D eigenvalue weighted by molar-refractivity contribution is 5.84. The first kappa shape index (κ1) is 40.7. The maximum atomic E-state index is 13.5. The molecule has 0 aliphatic heterocycles. The largest absolute Gasteiger partial charge is 0.445 e. The molecular formula is C42H56N4O7. The topological polar surface area (TPSA) is 149 Å². The Kier molecular flexibility index (Phi) is 16.0. The number of hydrogen-bond acceptors (Lipinski definition) is 7. The molecule has 11 heteroatoms. The number of amides is 4. The Morgan fingerprint density at radius 3 is 1.85 bits per heavy atom. The van der Waals surface area contributed by atoms with Crippen LogP contribution in [-0.4, -0.2) is 60.4 Å². The molecule has 1 atom stereocenters. The fourth-order valence-electron chi connectivity index (χ4n) is 6.56. The van der Waals surface area contributed by atoms with E-state index in [0.29, 0.717) is 25.8 Å². The smallest absolute Gasteiger partial charge is 0.410 e. The SMILES string of the molecule is CC(C)(C)OC(=O)NCCCN(C(=O)OCc1ccccc1)[C@@H](CCc1ccc(CCCCNC(=O)OCc2ccccc2)c2c1CCCC2)C(N)=O. The van der Waals surface area contributed by atoms with Crippen molar-refractivity contribution in [2.24, 2.45) is 5.73 Å². The third-order valence-corrected chi connectivity index (χ3v) is 9.16. The van der Waals surface area contributed by atoms with Gasteiger partial charge in [-0.05, 0) is 118 Å². The number of carbonyl (C=O) groups excluding carboxylic acids is 4. The third kappa shape index (κ3) is 14.1. The van der Waals surface area contributed by atoms with Gasteiger partial charge in [0.2, 0.25) is 5.91 Å². The molecule has 1 aliphatic rings. The normalized spacial score (nSPS) is 12.9. The summed E-state index contributed by atoms with van der Waals surface area (Å²) in [4.78, 5) is 52.1. The number of carbonyl (C=O) groups is 4. The number of aryl methyl sites for hydroxylation is 2. The molecule has 0 heterocycles. The quantitative estimate of drug-likeness (QED) is 0.0930. The van der Waals surface area contributed by atoms with Crippen molar-refractivity contribution in [2.75, 3.05) is 19.6 Å². The van der Waals surface area contributed by atoms with Gasteiger partial charge in [0.1, 0.15) is 24.9 Å². The first-order valence-corrected chi connectivity index (χ1v) is 18.8. The van der Waals surface area contributed by atoms with Crippen LogP contribution in [0.4, 0.5) is 14.4 Å². The number of unbranched alkanes of at least 4 members (excludes halogenated alkanes) is 1. The van der Waals surface area contributed by atoms with Crippen LogP contribution >= 0.6 is 0 Å². The van der Waals surface area contributed by atoms with Crippen LogP contribution < -0.4 is 16.4 Å². The van der Waals surface area contributed by atoms with E-state index in [1.54, 1.807) is 20.8 Å². The van der Waals surface area contributed by atoms with E-state index >= 15 is 0 Å². The zero-order chi connectivity index (χ0) is 38.1. The van der Waals surface area contributed by atoms with Crippen LogP contribution in [0, 0.1) is 0 Å². The Morgan fingerprint density at radius 2 is 1.26 bits per heavy atom. The van der Waals surface area contributed by atoms with Gasteiger partial charge in [-0.1, -0.05) is 72.8 Å². The molecule has 4 rings (SSSR count). The van der Waals surface area contributed by atoms with Crippen molar-refractivity contribution in [3.8, 4) is 0 Å². The van der Waals surface area contributed by atoms with Crippen molar-refractivity contribution >= 4 is 24.2 Å². The molecule has 0 unspecified atom stereocenters. The van der Waals surface area contributed by atoms with E-state index in [1.165, 1.54) is 27.2 Å². The van der Waals surface area contributed by atoms with Crippen LogP contribution in [0.15, 0.2) is 72.8 Å². The average Bonchev–Trinajstić information content (AvgIpc) is 3.14. The molecule has 286 valence electrons. The van der Waals surface area contributed by atoms with Crippen molar-refractivity contribution in [3.63, 3.8) is 0 Å². The number of nitrogens with two attached hydrogens (primary N) is 1. The molecule has 3 aromatic rings. The van der Waals surface area contributed by atoms with Crippen LogP contribution in [0.5, 0.6) is 0 Å². The Labute approximate surface area is 313 Å². The van der Waals surface area contributed by atoms with E-state index in [-0.39, 0.29) is 26.3 Å². The van der Waals surface area contributed by atoms with E-state index < -0.39 is 35.8 Å². The Bertz CT molecular complexity index is 1630. The first-order valence-electron chi connectivity index (χ1n) is 18.8. The van der Waals surface area contributed by atoms with E-state index in [2.05, 4.69) is 22.8 Å². The summed E-state index contributed by atoms with van der Waals surface area (Å²) in [7, 11) is 0. The van der Waals surface area contributed by atoms with E-state index in [1.807, 2.05) is 60.7 Å². The van der Waals surface area contributed by atoms with Crippen molar-refractivity contribution in [1.29, 1.82) is 0 Å². The predicted octanol–water partition coefficient (Wildman–Crippen LogP) is 7.15. The molecule has 0 radical (unpaired) electrons. The second-order valence-corrected chi connectivity index (χ2v) is 14.5. The van der Waals surface area contributed by atoms with Gasteiger partial charge in [-0.15, -0.1) is 0 Å². The highest BCUT2D eigenvalue weighted by atomic mass is 16.6. The van der Waals surface area contributed by atoms with Crippen LogP contribution in [0.25, 0.3) is 0 Å². The standard InChI is InChI=1S/C42H56N4O7/c1-42(2,3)53-40(49)45-27-14-28-46(41(50)52-30-32-17-8-5-9-18-32)37(38(43)47)25-24-34-23-22-33(35-20-10-11-21-36(34)35)19-12-13-26-44-39(48)51-29-31-15-6-4-7-16-31/h4-9,15-18,22-23,37H,10-14,19-21,24-30H2,1-3H3,(H2,43,47)(H,44,48)(H,45,49)/t37-/m0/s1. The molecule has 1 aliphatic carbocycles. The molecule has 4 N–H and O–H groups in total. The Hall–Kier alpha value is -5.06. The van der Waals surface area contributed by atoms with Gasteiger partial charge in [0, 0.05) is 19.6 Å². The van der Waals surface area contributed by atoms with Crippen LogP contribution in [-0.2, 0) is 57.9 Å². The molecule has 0 bridgehead atoms.